The van der Waals surface area contributed by atoms with Gasteiger partial charge in [0.25, 0.3) is 5.91 Å². The minimum Gasteiger partial charge on any atom is -0.393 e. The third-order valence-electron chi connectivity index (χ3n) is 4.82. The molecular formula is C21H23N3O2. The first-order chi connectivity index (χ1) is 12.5. The third kappa shape index (κ3) is 3.87. The van der Waals surface area contributed by atoms with E-state index < -0.39 is 0 Å². The summed E-state index contributed by atoms with van der Waals surface area (Å²) >= 11 is 0. The third-order valence-corrected chi connectivity index (χ3v) is 4.82. The van der Waals surface area contributed by atoms with Gasteiger partial charge in [0.15, 0.2) is 0 Å². The van der Waals surface area contributed by atoms with Crippen molar-refractivity contribution >= 4 is 17.3 Å². The smallest absolute Gasteiger partial charge is 0.255 e. The molecule has 26 heavy (non-hydrogen) atoms. The van der Waals surface area contributed by atoms with Crippen molar-refractivity contribution in [1.82, 2.24) is 0 Å². The van der Waals surface area contributed by atoms with E-state index >= 15 is 0 Å². The zero-order chi connectivity index (χ0) is 18.7. The first-order valence-electron chi connectivity index (χ1n) is 8.83. The Hall–Kier alpha value is -2.84. The Bertz CT molecular complexity index is 862. The first-order valence-corrected chi connectivity index (χ1v) is 8.83. The van der Waals surface area contributed by atoms with Crippen LogP contribution in [-0.2, 0) is 0 Å². The summed E-state index contributed by atoms with van der Waals surface area (Å²) in [5.41, 5.74) is 4.56. The van der Waals surface area contributed by atoms with E-state index in [0.29, 0.717) is 29.7 Å². The van der Waals surface area contributed by atoms with Crippen molar-refractivity contribution in [3.05, 3.63) is 58.7 Å². The second-order valence-electron chi connectivity index (χ2n) is 6.83. The van der Waals surface area contributed by atoms with Gasteiger partial charge in [-0.15, -0.1) is 0 Å². The number of nitriles is 1. The summed E-state index contributed by atoms with van der Waals surface area (Å²) in [6, 6.07) is 13.4. The Morgan fingerprint density at radius 3 is 2.62 bits per heavy atom. The van der Waals surface area contributed by atoms with Crippen LogP contribution in [0.15, 0.2) is 36.4 Å². The van der Waals surface area contributed by atoms with Gasteiger partial charge in [0.1, 0.15) is 6.07 Å². The van der Waals surface area contributed by atoms with Gasteiger partial charge in [0, 0.05) is 24.3 Å². The number of aryl methyl sites for hydroxylation is 2. The molecule has 1 saturated heterocycles. The highest BCUT2D eigenvalue weighted by atomic mass is 16.3. The molecule has 0 radical (unpaired) electrons. The van der Waals surface area contributed by atoms with Gasteiger partial charge in [-0.25, -0.2) is 0 Å². The maximum absolute atomic E-state index is 12.6. The molecule has 0 bridgehead atoms. The van der Waals surface area contributed by atoms with Crippen LogP contribution in [0.1, 0.15) is 39.9 Å². The molecule has 2 N–H and O–H groups in total. The van der Waals surface area contributed by atoms with Crippen LogP contribution in [0, 0.1) is 25.2 Å². The molecule has 0 spiro atoms. The predicted octanol–water partition coefficient (Wildman–Crippen LogP) is 3.39. The molecule has 0 saturated carbocycles. The molecule has 2 aromatic rings. The number of rotatable bonds is 3. The van der Waals surface area contributed by atoms with Gasteiger partial charge in [-0.05, 0) is 56.5 Å². The molecule has 2 aromatic carbocycles. The molecule has 1 aliphatic rings. The molecule has 134 valence electrons. The van der Waals surface area contributed by atoms with E-state index in [0.717, 1.165) is 29.9 Å². The summed E-state index contributed by atoms with van der Waals surface area (Å²) in [6.45, 7) is 5.31. The second kappa shape index (κ2) is 7.59. The first kappa shape index (κ1) is 18.0. The molecule has 5 heteroatoms. The number of amides is 1. The SMILES string of the molecule is Cc1ccc(C)c(C(=O)Nc2ccc(N3CCC(O)CC3)c(C#N)c2)c1. The maximum Gasteiger partial charge on any atom is 0.255 e. The number of nitrogens with zero attached hydrogens (tertiary/aromatic N) is 2. The Balaban J connectivity index is 1.80. The summed E-state index contributed by atoms with van der Waals surface area (Å²) in [7, 11) is 0. The van der Waals surface area contributed by atoms with Crippen LogP contribution in [0.3, 0.4) is 0 Å². The van der Waals surface area contributed by atoms with E-state index in [2.05, 4.69) is 16.3 Å². The van der Waals surface area contributed by atoms with E-state index in [9.17, 15) is 15.2 Å². The molecule has 3 rings (SSSR count). The van der Waals surface area contributed by atoms with Gasteiger partial charge in [0.05, 0.1) is 17.4 Å². The van der Waals surface area contributed by atoms with Crippen molar-refractivity contribution < 1.29 is 9.90 Å². The Kier molecular flexibility index (Phi) is 5.24. The molecule has 0 aliphatic carbocycles. The lowest BCUT2D eigenvalue weighted by molar-refractivity contribution is 0.102. The van der Waals surface area contributed by atoms with Crippen molar-refractivity contribution in [1.29, 1.82) is 5.26 Å². The number of benzene rings is 2. The van der Waals surface area contributed by atoms with Crippen LogP contribution < -0.4 is 10.2 Å². The van der Waals surface area contributed by atoms with E-state index in [-0.39, 0.29) is 12.0 Å². The number of hydrogen-bond donors (Lipinski definition) is 2. The lowest BCUT2D eigenvalue weighted by Gasteiger charge is -2.32. The van der Waals surface area contributed by atoms with Crippen LogP contribution in [0.2, 0.25) is 0 Å². The van der Waals surface area contributed by atoms with E-state index in [4.69, 9.17) is 0 Å². The summed E-state index contributed by atoms with van der Waals surface area (Å²) in [4.78, 5) is 14.7. The lowest BCUT2D eigenvalue weighted by Crippen LogP contribution is -2.36. The van der Waals surface area contributed by atoms with Crippen LogP contribution in [-0.4, -0.2) is 30.2 Å². The summed E-state index contributed by atoms with van der Waals surface area (Å²) in [6.07, 6.45) is 1.15. The Labute approximate surface area is 153 Å². The van der Waals surface area contributed by atoms with Gasteiger partial charge in [-0.1, -0.05) is 17.7 Å². The molecule has 1 heterocycles. The number of piperidine rings is 1. The molecule has 0 atom stereocenters. The molecule has 5 nitrogen and oxygen atoms in total. The standard InChI is InChI=1S/C21H23N3O2/c1-14-3-4-15(2)19(11-14)21(26)23-17-5-6-20(16(12-17)13-22)24-9-7-18(25)8-10-24/h3-6,11-12,18,25H,7-10H2,1-2H3,(H,23,26). The lowest BCUT2D eigenvalue weighted by atomic mass is 10.0. The monoisotopic (exact) mass is 349 g/mol. The van der Waals surface area contributed by atoms with Gasteiger partial charge >= 0.3 is 0 Å². The van der Waals surface area contributed by atoms with Crippen LogP contribution in [0.25, 0.3) is 0 Å². The molecule has 1 fully saturated rings. The molecule has 1 aliphatic heterocycles. The highest BCUT2D eigenvalue weighted by Gasteiger charge is 2.20. The molecule has 1 amide bonds. The zero-order valence-corrected chi connectivity index (χ0v) is 15.1. The largest absolute Gasteiger partial charge is 0.393 e. The summed E-state index contributed by atoms with van der Waals surface area (Å²) in [5, 5.41) is 22.1. The Morgan fingerprint density at radius 2 is 1.92 bits per heavy atom. The quantitative estimate of drug-likeness (QED) is 0.890. The number of aliphatic hydroxyl groups is 1. The average Bonchev–Trinajstić information content (AvgIpc) is 2.64. The fourth-order valence-corrected chi connectivity index (χ4v) is 3.26. The van der Waals surface area contributed by atoms with Crippen molar-refractivity contribution in [2.75, 3.05) is 23.3 Å². The number of aliphatic hydroxyl groups excluding tert-OH is 1. The van der Waals surface area contributed by atoms with Crippen LogP contribution >= 0.6 is 0 Å². The minimum atomic E-state index is -0.257. The van der Waals surface area contributed by atoms with Crippen molar-refractivity contribution in [3.8, 4) is 6.07 Å². The summed E-state index contributed by atoms with van der Waals surface area (Å²) in [5.74, 6) is -0.177. The average molecular weight is 349 g/mol. The highest BCUT2D eigenvalue weighted by molar-refractivity contribution is 6.05. The van der Waals surface area contributed by atoms with Crippen molar-refractivity contribution in [3.63, 3.8) is 0 Å². The number of carbonyl (C=O) groups excluding carboxylic acids is 1. The van der Waals surface area contributed by atoms with Crippen LogP contribution in [0.5, 0.6) is 0 Å². The van der Waals surface area contributed by atoms with Crippen LogP contribution in [0.4, 0.5) is 11.4 Å². The zero-order valence-electron chi connectivity index (χ0n) is 15.1. The number of carbonyl (C=O) groups is 1. The second-order valence-corrected chi connectivity index (χ2v) is 6.83. The Morgan fingerprint density at radius 1 is 1.19 bits per heavy atom. The van der Waals surface area contributed by atoms with Gasteiger partial charge in [-0.3, -0.25) is 4.79 Å². The topological polar surface area (TPSA) is 76.4 Å². The number of hydrogen-bond acceptors (Lipinski definition) is 4. The molecular weight excluding hydrogens is 326 g/mol. The van der Waals surface area contributed by atoms with Crippen molar-refractivity contribution in [2.24, 2.45) is 0 Å². The normalized spacial score (nSPS) is 14.8. The van der Waals surface area contributed by atoms with Crippen molar-refractivity contribution in [2.45, 2.75) is 32.8 Å². The molecule has 0 aromatic heterocycles. The fourth-order valence-electron chi connectivity index (χ4n) is 3.26. The number of nitrogens with one attached hydrogen (secondary N) is 1. The maximum atomic E-state index is 12.6. The highest BCUT2D eigenvalue weighted by Crippen LogP contribution is 2.27. The fraction of sp³-hybridized carbons (Fsp3) is 0.333. The molecule has 0 unspecified atom stereocenters. The van der Waals surface area contributed by atoms with Gasteiger partial charge in [0.2, 0.25) is 0 Å². The number of anilines is 2. The van der Waals surface area contributed by atoms with E-state index in [1.54, 1.807) is 6.07 Å². The summed E-state index contributed by atoms with van der Waals surface area (Å²) < 4.78 is 0. The predicted molar refractivity (Wildman–Crippen MR) is 102 cm³/mol. The minimum absolute atomic E-state index is 0.177. The van der Waals surface area contributed by atoms with Gasteiger partial charge < -0.3 is 15.3 Å². The van der Waals surface area contributed by atoms with E-state index in [1.165, 1.54) is 0 Å². The van der Waals surface area contributed by atoms with E-state index in [1.807, 2.05) is 44.2 Å². The van der Waals surface area contributed by atoms with Gasteiger partial charge in [-0.2, -0.15) is 5.26 Å².